The van der Waals surface area contributed by atoms with Crippen molar-refractivity contribution < 1.29 is 102 Å². The molecule has 3 unspecified atom stereocenters. The number of nitrogens with zero attached hydrogens (tertiary/aromatic N) is 9. The van der Waals surface area contributed by atoms with Gasteiger partial charge in [0, 0.05) is 52.4 Å². The summed E-state index contributed by atoms with van der Waals surface area (Å²) in [6, 6.07) is 0.925. The maximum absolute atomic E-state index is 13.6. The molecule has 0 aliphatic carbocycles. The predicted octanol–water partition coefficient (Wildman–Crippen LogP) is -5.42. The number of fused-ring (bicyclic) bond motifs is 2. The summed E-state index contributed by atoms with van der Waals surface area (Å²) < 4.78 is 120. The summed E-state index contributed by atoms with van der Waals surface area (Å²) in [6.45, 7) is -3.19. The van der Waals surface area contributed by atoms with Crippen LogP contribution in [0.15, 0.2) is 45.6 Å². The third-order valence-electron chi connectivity index (χ3n) is 12.1. The van der Waals surface area contributed by atoms with Crippen LogP contribution in [0.4, 0.5) is 11.8 Å². The minimum absolute atomic E-state index is 0.00408. The molecule has 77 heavy (non-hydrogen) atoms. The van der Waals surface area contributed by atoms with Crippen LogP contribution in [-0.2, 0) is 76.6 Å². The van der Waals surface area contributed by atoms with E-state index in [0.717, 1.165) is 36.6 Å². The number of H-pyrrole nitrogens is 2. The lowest BCUT2D eigenvalue weighted by molar-refractivity contribution is -0.745. The Morgan fingerprint density at radius 3 is 2.19 bits per heavy atom. The number of methoxy groups -OCH3 is 1. The number of phosphoric acid groups is 3. The summed E-state index contributed by atoms with van der Waals surface area (Å²) in [4.78, 5) is 103. The standard InChI is InChI=1S/C35H49N14O24P3S/c1-45(2)19(51)7-14-16(69-31(22(14)52)49-13-46(3)21-29(49)43-34(37)44-30(21)55)9-66-74(57,58)72-76(61,62)73-75(59,60)67-10-17-25(26(65-4)33(70-17)48-12-40-20-27(36)38-11-39-28(20)48)71-77(63,64)41-8-15-23(53)24(54)32(68-15)47-6-5-18(50)42-35(47)56/h5-6,11-17,22-26,31-33,41,52-54H,7-10H2,1-4H3,(H8-,36,37,38,39,42,43,44,50,55,56,57,58,59,60,61,62)/p+1/t14-,15-,16-,17-,22-,23-,24-,25-,26-,31-,32-,33-/m1/s1. The van der Waals surface area contributed by atoms with Gasteiger partial charge in [0.1, 0.15) is 54.6 Å². The first-order valence-electron chi connectivity index (χ1n) is 22.1. The minimum Gasteiger partial charge on any atom is -0.387 e. The van der Waals surface area contributed by atoms with Gasteiger partial charge < -0.3 is 65.3 Å². The van der Waals surface area contributed by atoms with E-state index in [1.807, 2.05) is 9.71 Å². The summed E-state index contributed by atoms with van der Waals surface area (Å²) in [7, 11) is -17.9. The molecule has 3 aliphatic rings. The lowest BCUT2D eigenvalue weighted by Gasteiger charge is -2.24. The zero-order chi connectivity index (χ0) is 56.3. The van der Waals surface area contributed by atoms with Crippen LogP contribution in [0.1, 0.15) is 25.1 Å². The van der Waals surface area contributed by atoms with E-state index in [9.17, 15) is 71.3 Å². The Hall–Kier alpha value is -5.35. The number of aryl methyl sites for hydroxylation is 1. The van der Waals surface area contributed by atoms with Crippen LogP contribution in [0.5, 0.6) is 0 Å². The molecular formula is C35H50N14O24P3S+. The molecular weight excluding hydrogens is 1130 g/mol. The number of phosphoric ester groups is 2. The van der Waals surface area contributed by atoms with Crippen LogP contribution in [-0.4, -0.2) is 183 Å². The summed E-state index contributed by atoms with van der Waals surface area (Å²) in [5.74, 6) is -2.20. The molecule has 1 amide bonds. The summed E-state index contributed by atoms with van der Waals surface area (Å²) in [5, 5.41) is 32.8. The molecule has 0 radical (unpaired) electrons. The normalized spacial score (nSPS) is 29.2. The van der Waals surface area contributed by atoms with E-state index in [1.165, 1.54) is 46.1 Å². The second kappa shape index (κ2) is 22.1. The number of anilines is 2. The molecule has 8 heterocycles. The van der Waals surface area contributed by atoms with Gasteiger partial charge in [-0.25, -0.2) is 42.2 Å². The van der Waals surface area contributed by atoms with E-state index in [-0.39, 0.29) is 34.1 Å². The van der Waals surface area contributed by atoms with E-state index in [1.54, 1.807) is 0 Å². The first-order chi connectivity index (χ1) is 36.0. The van der Waals surface area contributed by atoms with Gasteiger partial charge in [-0.15, -0.1) is 0 Å². The Bertz CT molecular complexity index is 3490. The van der Waals surface area contributed by atoms with Crippen LogP contribution in [0.2, 0.25) is 0 Å². The summed E-state index contributed by atoms with van der Waals surface area (Å²) >= 11 is 0. The van der Waals surface area contributed by atoms with Gasteiger partial charge in [0.25, 0.3) is 17.1 Å². The summed E-state index contributed by atoms with van der Waals surface area (Å²) in [6.07, 6.45) is -14.2. The monoisotopic (exact) mass is 1180 g/mol. The van der Waals surface area contributed by atoms with Gasteiger partial charge >= 0.3 is 45.1 Å². The van der Waals surface area contributed by atoms with Gasteiger partial charge in [0.2, 0.25) is 17.7 Å². The number of ether oxygens (including phenoxy) is 4. The number of carbonyl (C=O) groups excluding carboxylic acids is 1. The number of hydrogen-bond acceptors (Lipinski definition) is 27. The van der Waals surface area contributed by atoms with Crippen molar-refractivity contribution in [1.29, 1.82) is 0 Å². The number of nitrogens with one attached hydrogen (secondary N) is 3. The number of nitrogen functional groups attached to an aromatic ring is 2. The molecule has 0 bridgehead atoms. The van der Waals surface area contributed by atoms with E-state index in [4.69, 9.17) is 43.6 Å². The Kier molecular flexibility index (Phi) is 16.6. The fourth-order valence-corrected chi connectivity index (χ4v) is 13.0. The topological polar surface area (TPSA) is 527 Å². The van der Waals surface area contributed by atoms with Crippen LogP contribution in [0, 0.1) is 5.92 Å². The minimum atomic E-state index is -6.24. The maximum Gasteiger partial charge on any atom is 0.490 e. The molecule has 0 saturated carbocycles. The first-order valence-corrected chi connectivity index (χ1v) is 28.0. The highest BCUT2D eigenvalue weighted by atomic mass is 32.2. The molecule has 0 spiro atoms. The van der Waals surface area contributed by atoms with Crippen molar-refractivity contribution in [3.05, 3.63) is 62.4 Å². The average Bonchev–Trinajstić information content (AvgIpc) is 4.13. The van der Waals surface area contributed by atoms with Crippen molar-refractivity contribution >= 4 is 73.8 Å². The number of rotatable bonds is 21. The zero-order valence-corrected chi connectivity index (χ0v) is 43.6. The second-order valence-corrected chi connectivity index (χ2v) is 23.4. The highest BCUT2D eigenvalue weighted by Crippen LogP contribution is 2.68. The van der Waals surface area contributed by atoms with Crippen molar-refractivity contribution in [2.24, 2.45) is 13.0 Å². The van der Waals surface area contributed by atoms with E-state index >= 15 is 0 Å². The zero-order valence-electron chi connectivity index (χ0n) is 40.1. The average molecular weight is 1180 g/mol. The van der Waals surface area contributed by atoms with Gasteiger partial charge in [-0.2, -0.15) is 21.8 Å². The number of nitrogens with two attached hydrogens (primary N) is 2. The third kappa shape index (κ3) is 12.4. The molecule has 42 heteroatoms. The molecule has 424 valence electrons. The molecule has 8 rings (SSSR count). The largest absolute Gasteiger partial charge is 0.490 e. The van der Waals surface area contributed by atoms with Gasteiger partial charge in [-0.3, -0.25) is 47.1 Å². The molecule has 15 atom stereocenters. The fourth-order valence-electron chi connectivity index (χ4n) is 8.54. The molecule has 5 aromatic rings. The Balaban J connectivity index is 0.952. The van der Waals surface area contributed by atoms with Crippen LogP contribution in [0.3, 0.4) is 0 Å². The number of aromatic nitrogens is 10. The van der Waals surface area contributed by atoms with Crippen molar-refractivity contribution in [3.63, 3.8) is 0 Å². The molecule has 5 aromatic heterocycles. The van der Waals surface area contributed by atoms with Crippen LogP contribution < -0.4 is 37.6 Å². The smallest absolute Gasteiger partial charge is 0.387 e. The Morgan fingerprint density at radius 2 is 1.55 bits per heavy atom. The molecule has 3 saturated heterocycles. The fraction of sp³-hybridized carbons (Fsp3) is 0.571. The third-order valence-corrected chi connectivity index (χ3v) is 17.3. The van der Waals surface area contributed by atoms with Gasteiger partial charge in [0.05, 0.1) is 32.7 Å². The summed E-state index contributed by atoms with van der Waals surface area (Å²) in [5.41, 5.74) is 9.14. The molecule has 38 nitrogen and oxygen atoms in total. The lowest BCUT2D eigenvalue weighted by Crippen LogP contribution is -2.45. The molecule has 13 N–H and O–H groups in total. The highest BCUT2D eigenvalue weighted by Gasteiger charge is 2.53. The Labute approximate surface area is 430 Å². The van der Waals surface area contributed by atoms with Crippen molar-refractivity contribution in [3.8, 4) is 0 Å². The number of amides is 1. The molecule has 3 aliphatic heterocycles. The number of carbonyl (C=O) groups is 1. The maximum atomic E-state index is 13.6. The van der Waals surface area contributed by atoms with E-state index in [0.29, 0.717) is 0 Å². The van der Waals surface area contributed by atoms with Gasteiger partial charge in [-0.05, 0) is 0 Å². The SMILES string of the molecule is CO[C@@H]1[C@H](OS(=O)(=O)NC[C@H]2O[C@@H](n3ccc(=O)[nH]c3=O)[C@H](O)[C@@H]2O)[C@@H](COP(=O)(O)OP(=O)(O)OP(=O)(O)OC[C@H]2O[C@@H]([n+]3cn(C)c4c(=O)[nH]c(N)nc43)[C@H](O)[C@@H]2CC(=O)N(C)C)O[C@H]1n1cnc2c(N)ncnc21. The van der Waals surface area contributed by atoms with Gasteiger partial charge in [-0.1, -0.05) is 4.98 Å². The highest BCUT2D eigenvalue weighted by molar-refractivity contribution is 7.84. The van der Waals surface area contributed by atoms with Crippen LogP contribution >= 0.6 is 23.5 Å². The lowest BCUT2D eigenvalue weighted by atomic mass is 9.94. The molecule has 3 fully saturated rings. The first kappa shape index (κ1) is 57.8. The van der Waals surface area contributed by atoms with Crippen molar-refractivity contribution in [1.82, 2.24) is 53.2 Å². The predicted molar refractivity (Wildman–Crippen MR) is 250 cm³/mol. The van der Waals surface area contributed by atoms with Crippen molar-refractivity contribution in [2.75, 3.05) is 52.4 Å². The quantitative estimate of drug-likeness (QED) is 0.0241. The number of aromatic amines is 2. The van der Waals surface area contributed by atoms with Gasteiger partial charge in [0.15, 0.2) is 30.2 Å². The van der Waals surface area contributed by atoms with Crippen molar-refractivity contribution in [2.45, 2.75) is 73.9 Å². The number of aliphatic hydroxyl groups excluding tert-OH is 3. The van der Waals surface area contributed by atoms with E-state index in [2.05, 4.69) is 33.5 Å². The number of aliphatic hydroxyl groups is 3. The number of imidazole rings is 2. The second-order valence-electron chi connectivity index (χ2n) is 17.4. The number of hydrogen-bond donors (Lipinski definition) is 11. The molecule has 0 aromatic carbocycles. The van der Waals surface area contributed by atoms with Crippen LogP contribution in [0.25, 0.3) is 22.3 Å². The Morgan fingerprint density at radius 1 is 0.883 bits per heavy atom. The van der Waals surface area contributed by atoms with E-state index < -0.39 is 156 Å².